The van der Waals surface area contributed by atoms with E-state index >= 15 is 0 Å². The predicted molar refractivity (Wildman–Crippen MR) is 243 cm³/mol. The molecule has 1 aromatic rings. The summed E-state index contributed by atoms with van der Waals surface area (Å²) in [5, 5.41) is 68.0. The molecular weight excluding hydrogens is 949 g/mol. The first-order valence-electron chi connectivity index (χ1n) is 21.4. The molecule has 10 atom stereocenters. The maximum absolute atomic E-state index is 14.2. The summed E-state index contributed by atoms with van der Waals surface area (Å²) < 4.78 is 0.828. The molecule has 0 fully saturated rings. The van der Waals surface area contributed by atoms with Crippen LogP contribution in [0.3, 0.4) is 0 Å². The van der Waals surface area contributed by atoms with Crippen molar-refractivity contribution in [1.82, 2.24) is 42.5 Å². The van der Waals surface area contributed by atoms with Crippen molar-refractivity contribution in [3.05, 3.63) is 30.3 Å². The topological polar surface area (TPSA) is 415 Å². The Hall–Kier alpha value is -5.92. The van der Waals surface area contributed by atoms with E-state index in [1.165, 1.54) is 6.92 Å². The summed E-state index contributed by atoms with van der Waals surface area (Å²) in [6, 6.07) is -3.25. The molecule has 0 aliphatic rings. The van der Waals surface area contributed by atoms with E-state index in [2.05, 4.69) is 42.2 Å². The van der Waals surface area contributed by atoms with E-state index in [1.807, 2.05) is 5.32 Å². The van der Waals surface area contributed by atoms with E-state index < -0.39 is 148 Å². The fourth-order valence-corrected chi connectivity index (χ4v) is 7.90. The summed E-state index contributed by atoms with van der Waals surface area (Å²) in [5.74, 6) is -10.2. The molecule has 0 saturated carbocycles. The second kappa shape index (κ2) is 30.4. The van der Waals surface area contributed by atoms with Crippen LogP contribution in [0, 0.1) is 11.8 Å². The van der Waals surface area contributed by atoms with Gasteiger partial charge in [0, 0.05) is 6.92 Å². The third kappa shape index (κ3) is 21.1. The Bertz CT molecular complexity index is 1860. The van der Waals surface area contributed by atoms with Gasteiger partial charge in [0.25, 0.3) is 0 Å². The van der Waals surface area contributed by atoms with E-state index in [0.29, 0.717) is 6.42 Å². The first-order valence-corrected chi connectivity index (χ1v) is 23.4. The second-order valence-corrected chi connectivity index (χ2v) is 18.1. The Morgan fingerprint density at radius 1 is 0.612 bits per heavy atom. The molecule has 17 N–H and O–H groups in total. The molecule has 0 bridgehead atoms. The third-order valence-electron chi connectivity index (χ3n) is 9.96. The van der Waals surface area contributed by atoms with Crippen LogP contribution < -0.4 is 58.5 Å². The average Bonchev–Trinajstić information content (AvgIpc) is 3.27. The second-order valence-electron chi connectivity index (χ2n) is 15.8. The molecule has 0 spiro atoms. The number of amides is 8. The van der Waals surface area contributed by atoms with Crippen LogP contribution in [0.5, 0.6) is 0 Å². The van der Waals surface area contributed by atoms with Crippen LogP contribution >= 0.6 is 0 Å². The summed E-state index contributed by atoms with van der Waals surface area (Å²) >= 11 is -0.473. The van der Waals surface area contributed by atoms with E-state index in [1.54, 1.807) is 58.0 Å². The number of carbonyl (C=O) groups excluding carboxylic acids is 8. The molecule has 25 nitrogen and oxygen atoms in total. The van der Waals surface area contributed by atoms with Crippen molar-refractivity contribution in [2.24, 2.45) is 28.3 Å². The molecule has 0 aliphatic carbocycles. The summed E-state index contributed by atoms with van der Waals surface area (Å²) in [6.45, 7) is 6.04. The number of carboxylic acids is 1. The van der Waals surface area contributed by atoms with Gasteiger partial charge in [-0.1, -0.05) is 20.3 Å². The predicted octanol–water partition coefficient (Wildman–Crippen LogP) is -6.47. The standard InChI is InChI=1S/C41H67N11O14Se/c1-7-21(4)31(45-23(6)57)38(63)48-27(17-54)34(59)51-30(20(2)3)37(62)50-29(19-67-24-12-9-8-10-13-24)36(61)46-25(14-11-15-44-41(42)43)33(58)47-26(16-53)35(60)52-32(22(5)56)39(64)49-28(18-55)40(65)66/h8-10,12-13,20-22,25-32,53-56H,7,11,14-19H2,1-6H3,(H,45,57)(H,46,61)(H,47,58)(H,48,63)(H,49,64)(H,50,62)(H,51,59)(H,52,60)(H,65,66)(H4,42,43,44)/t21-,22+,25-,26-,27-,28-,29-,30-,31-,32-/m0/s1. The van der Waals surface area contributed by atoms with Crippen LogP contribution in [-0.4, -0.2) is 180 Å². The Labute approximate surface area is 394 Å². The minimum atomic E-state index is -1.82. The van der Waals surface area contributed by atoms with Gasteiger partial charge in [0.15, 0.2) is 0 Å². The molecule has 26 heteroatoms. The number of guanidine groups is 1. The normalized spacial score (nSPS) is 15.5. The molecule has 0 unspecified atom stereocenters. The van der Waals surface area contributed by atoms with Crippen molar-refractivity contribution in [3.8, 4) is 0 Å². The van der Waals surface area contributed by atoms with Crippen molar-refractivity contribution in [1.29, 1.82) is 0 Å². The quantitative estimate of drug-likeness (QED) is 0.0147. The molecule has 0 heterocycles. The first-order chi connectivity index (χ1) is 31.5. The molecule has 0 aromatic heterocycles. The Morgan fingerprint density at radius 2 is 1.06 bits per heavy atom. The van der Waals surface area contributed by atoms with Crippen LogP contribution in [0.4, 0.5) is 0 Å². The minimum absolute atomic E-state index is 0.00858. The summed E-state index contributed by atoms with van der Waals surface area (Å²) in [5.41, 5.74) is 10.9. The third-order valence-corrected chi connectivity index (χ3v) is 12.3. The number of hydrogen-bond donors (Lipinski definition) is 15. The molecule has 0 saturated heterocycles. The van der Waals surface area contributed by atoms with Crippen LogP contribution in [0.1, 0.15) is 60.8 Å². The first kappa shape index (κ1) is 59.1. The Morgan fingerprint density at radius 3 is 1.54 bits per heavy atom. The van der Waals surface area contributed by atoms with Crippen LogP contribution in [-0.2, 0) is 43.2 Å². The van der Waals surface area contributed by atoms with Gasteiger partial charge in [-0.15, -0.1) is 0 Å². The summed E-state index contributed by atoms with van der Waals surface area (Å²) in [7, 11) is 0. The number of nitrogens with zero attached hydrogens (tertiary/aromatic N) is 1. The van der Waals surface area contributed by atoms with Gasteiger partial charge < -0.3 is 20.6 Å². The van der Waals surface area contributed by atoms with Crippen molar-refractivity contribution in [3.63, 3.8) is 0 Å². The maximum atomic E-state index is 14.2. The molecule has 1 rings (SSSR count). The number of nitrogens with two attached hydrogens (primary N) is 2. The number of aliphatic hydroxyl groups excluding tert-OH is 4. The number of aliphatic carboxylic acids is 1. The molecular formula is C41H67N11O14Se. The number of nitrogens with one attached hydrogen (secondary N) is 8. The number of benzene rings is 1. The fraction of sp³-hybridized carbons (Fsp3) is 0.610. The number of rotatable bonds is 30. The van der Waals surface area contributed by atoms with E-state index in [-0.39, 0.29) is 36.6 Å². The number of hydrogen-bond acceptors (Lipinski definition) is 14. The Kier molecular flexibility index (Phi) is 26.8. The van der Waals surface area contributed by atoms with Gasteiger partial charge in [0.2, 0.25) is 5.91 Å². The average molecular weight is 1020 g/mol. The van der Waals surface area contributed by atoms with Crippen LogP contribution in [0.25, 0.3) is 0 Å². The van der Waals surface area contributed by atoms with Gasteiger partial charge >= 0.3 is 308 Å². The van der Waals surface area contributed by atoms with E-state index in [9.17, 15) is 68.7 Å². The van der Waals surface area contributed by atoms with Gasteiger partial charge in [-0.3, -0.25) is 9.59 Å². The van der Waals surface area contributed by atoms with E-state index in [0.717, 1.165) is 11.4 Å². The molecule has 67 heavy (non-hydrogen) atoms. The van der Waals surface area contributed by atoms with Crippen molar-refractivity contribution < 1.29 is 68.7 Å². The SMILES string of the molecule is CC[C@H](C)[C@H](NC(C)=O)C(=O)N[C@@H](CO)C(=O)N[C@H](C(=O)N[C@@H](C[Se]c1ccccc1)C(=O)N[C@@H](CCCN=C(N)N)C(=O)N[C@@H](CO)C(=O)N[C@H](C(=O)N[C@@H](CO)C(=O)O)[C@@H](C)O)C(C)C. The zero-order valence-electron chi connectivity index (χ0n) is 38.3. The van der Waals surface area contributed by atoms with Gasteiger partial charge in [0.1, 0.15) is 6.04 Å². The number of aliphatic hydroxyl groups is 4. The van der Waals surface area contributed by atoms with Crippen LogP contribution in [0.2, 0.25) is 5.32 Å². The van der Waals surface area contributed by atoms with Crippen LogP contribution in [0.15, 0.2) is 35.3 Å². The van der Waals surface area contributed by atoms with Crippen molar-refractivity contribution in [2.45, 2.75) is 121 Å². The zero-order chi connectivity index (χ0) is 51.0. The zero-order valence-corrected chi connectivity index (χ0v) is 40.0. The number of carboxylic acid groups (broad SMARTS) is 1. The molecule has 376 valence electrons. The van der Waals surface area contributed by atoms with Gasteiger partial charge in [-0.05, 0) is 6.92 Å². The number of aliphatic imine (C=N–C) groups is 1. The van der Waals surface area contributed by atoms with Gasteiger partial charge in [0.05, 0.1) is 6.61 Å². The van der Waals surface area contributed by atoms with Gasteiger partial charge in [-0.2, -0.15) is 0 Å². The van der Waals surface area contributed by atoms with E-state index in [4.69, 9.17) is 11.5 Å². The summed E-state index contributed by atoms with van der Waals surface area (Å²) in [4.78, 5) is 122. The molecule has 1 aromatic carbocycles. The molecule has 0 aliphatic heterocycles. The van der Waals surface area contributed by atoms with Gasteiger partial charge in [-0.25, -0.2) is 4.79 Å². The van der Waals surface area contributed by atoms with Crippen molar-refractivity contribution >= 4 is 78.6 Å². The molecule has 8 amide bonds. The Balaban J connectivity index is 3.47. The molecule has 0 radical (unpaired) electrons. The fourth-order valence-electron chi connectivity index (χ4n) is 5.92. The number of carbonyl (C=O) groups is 9. The van der Waals surface area contributed by atoms with Crippen molar-refractivity contribution in [2.75, 3.05) is 26.4 Å². The summed E-state index contributed by atoms with van der Waals surface area (Å²) in [6.07, 6.45) is -1.24. The monoisotopic (exact) mass is 1020 g/mol.